The highest BCUT2D eigenvalue weighted by Crippen LogP contribution is 2.16. The summed E-state index contributed by atoms with van der Waals surface area (Å²) < 4.78 is 24.8. The molecular formula is C15H28N4O3S. The molecule has 2 heterocycles. The molecule has 1 fully saturated rings. The molecule has 0 radical (unpaired) electrons. The molecule has 2 aliphatic heterocycles. The van der Waals surface area contributed by atoms with Crippen molar-refractivity contribution in [2.45, 2.75) is 32.4 Å². The van der Waals surface area contributed by atoms with Crippen LogP contribution in [0.15, 0.2) is 11.6 Å². The standard InChI is InChI=1S/C15H28N4O3S/c1-12-11-18(9-10-19(12)23(4,21)22)15(20)16-13(2)14-5-7-17(3)8-6-14/h5,12-13H,6-11H2,1-4H3,(H,16,20)/t12-,13?/m0/s1. The minimum Gasteiger partial charge on any atom is -0.332 e. The molecule has 8 heteroatoms. The van der Waals surface area contributed by atoms with Gasteiger partial charge in [0.1, 0.15) is 0 Å². The molecular weight excluding hydrogens is 316 g/mol. The molecule has 1 saturated heterocycles. The molecule has 2 amide bonds. The van der Waals surface area contributed by atoms with E-state index in [2.05, 4.69) is 23.3 Å². The number of rotatable bonds is 3. The van der Waals surface area contributed by atoms with Crippen molar-refractivity contribution >= 4 is 16.1 Å². The first kappa shape index (κ1) is 18.2. The number of hydrogen-bond donors (Lipinski definition) is 1. The van der Waals surface area contributed by atoms with Crippen LogP contribution in [0.5, 0.6) is 0 Å². The molecule has 1 unspecified atom stereocenters. The van der Waals surface area contributed by atoms with Gasteiger partial charge in [0.15, 0.2) is 0 Å². The number of hydrogen-bond acceptors (Lipinski definition) is 4. The molecule has 23 heavy (non-hydrogen) atoms. The second kappa shape index (κ2) is 7.19. The molecule has 0 aromatic carbocycles. The number of nitrogens with zero attached hydrogens (tertiary/aromatic N) is 3. The van der Waals surface area contributed by atoms with Gasteiger partial charge in [-0.25, -0.2) is 13.2 Å². The van der Waals surface area contributed by atoms with Crippen LogP contribution in [0.3, 0.4) is 0 Å². The Kier molecular flexibility index (Phi) is 5.70. The van der Waals surface area contributed by atoms with E-state index in [1.165, 1.54) is 16.1 Å². The summed E-state index contributed by atoms with van der Waals surface area (Å²) in [5.41, 5.74) is 1.26. The average molecular weight is 344 g/mol. The smallest absolute Gasteiger partial charge is 0.317 e. The summed E-state index contributed by atoms with van der Waals surface area (Å²) in [6.45, 7) is 6.98. The number of amides is 2. The van der Waals surface area contributed by atoms with Gasteiger partial charge in [-0.1, -0.05) is 6.08 Å². The maximum absolute atomic E-state index is 12.4. The SMILES string of the molecule is CC(NC(=O)N1CCN(S(C)(=O)=O)[C@@H](C)C1)C1=CCN(C)CC1. The van der Waals surface area contributed by atoms with Gasteiger partial charge in [0.2, 0.25) is 10.0 Å². The molecule has 0 aromatic rings. The third-order valence-electron chi connectivity index (χ3n) is 4.62. The summed E-state index contributed by atoms with van der Waals surface area (Å²) in [5.74, 6) is 0. The maximum atomic E-state index is 12.4. The minimum atomic E-state index is -3.21. The number of urea groups is 1. The van der Waals surface area contributed by atoms with E-state index < -0.39 is 10.0 Å². The van der Waals surface area contributed by atoms with E-state index in [0.717, 1.165) is 19.5 Å². The molecule has 0 spiro atoms. The normalized spacial score (nSPS) is 25.8. The summed E-state index contributed by atoms with van der Waals surface area (Å²) in [7, 11) is -1.13. The Morgan fingerprint density at radius 1 is 1.35 bits per heavy atom. The van der Waals surface area contributed by atoms with Crippen LogP contribution in [-0.2, 0) is 10.0 Å². The topological polar surface area (TPSA) is 73.0 Å². The Morgan fingerprint density at radius 2 is 2.04 bits per heavy atom. The van der Waals surface area contributed by atoms with E-state index in [4.69, 9.17) is 0 Å². The van der Waals surface area contributed by atoms with Crippen molar-refractivity contribution in [3.8, 4) is 0 Å². The fourth-order valence-corrected chi connectivity index (χ4v) is 4.30. The van der Waals surface area contributed by atoms with Crippen LogP contribution in [0.1, 0.15) is 20.3 Å². The fourth-order valence-electron chi connectivity index (χ4n) is 3.17. The van der Waals surface area contributed by atoms with Gasteiger partial charge in [-0.05, 0) is 32.9 Å². The first-order valence-electron chi connectivity index (χ1n) is 8.08. The Hall–Kier alpha value is -1.12. The van der Waals surface area contributed by atoms with Gasteiger partial charge in [-0.3, -0.25) is 0 Å². The van der Waals surface area contributed by atoms with Gasteiger partial charge in [-0.2, -0.15) is 4.31 Å². The van der Waals surface area contributed by atoms with Crippen LogP contribution in [0.25, 0.3) is 0 Å². The van der Waals surface area contributed by atoms with E-state index >= 15 is 0 Å². The van der Waals surface area contributed by atoms with Crippen LogP contribution in [0.4, 0.5) is 4.79 Å². The minimum absolute atomic E-state index is 0.0134. The Morgan fingerprint density at radius 3 is 2.57 bits per heavy atom. The lowest BCUT2D eigenvalue weighted by molar-refractivity contribution is 0.146. The molecule has 2 atom stereocenters. The van der Waals surface area contributed by atoms with Crippen molar-refractivity contribution in [2.24, 2.45) is 0 Å². The summed E-state index contributed by atoms with van der Waals surface area (Å²) in [5, 5.41) is 3.04. The fraction of sp³-hybridized carbons (Fsp3) is 0.800. The summed E-state index contributed by atoms with van der Waals surface area (Å²) >= 11 is 0. The summed E-state index contributed by atoms with van der Waals surface area (Å²) in [6.07, 6.45) is 4.36. The van der Waals surface area contributed by atoms with E-state index in [0.29, 0.717) is 19.6 Å². The highest BCUT2D eigenvalue weighted by molar-refractivity contribution is 7.88. The van der Waals surface area contributed by atoms with Gasteiger partial charge in [-0.15, -0.1) is 0 Å². The highest BCUT2D eigenvalue weighted by Gasteiger charge is 2.32. The van der Waals surface area contributed by atoms with Gasteiger partial charge in [0, 0.05) is 44.8 Å². The number of nitrogens with one attached hydrogen (secondary N) is 1. The van der Waals surface area contributed by atoms with Crippen molar-refractivity contribution in [1.82, 2.24) is 19.4 Å². The zero-order valence-electron chi connectivity index (χ0n) is 14.4. The van der Waals surface area contributed by atoms with Crippen LogP contribution in [0, 0.1) is 0 Å². The largest absolute Gasteiger partial charge is 0.332 e. The van der Waals surface area contributed by atoms with Crippen LogP contribution in [0.2, 0.25) is 0 Å². The Bertz CT molecular complexity index is 575. The Labute approximate surface area is 139 Å². The average Bonchev–Trinajstić information content (AvgIpc) is 2.46. The Balaban J connectivity index is 1.90. The lowest BCUT2D eigenvalue weighted by atomic mass is 10.0. The van der Waals surface area contributed by atoms with Crippen LogP contribution >= 0.6 is 0 Å². The molecule has 2 rings (SSSR count). The first-order valence-corrected chi connectivity index (χ1v) is 9.93. The summed E-state index contributed by atoms with van der Waals surface area (Å²) in [4.78, 5) is 16.4. The van der Waals surface area contributed by atoms with Crippen molar-refractivity contribution < 1.29 is 13.2 Å². The molecule has 7 nitrogen and oxygen atoms in total. The van der Waals surface area contributed by atoms with Gasteiger partial charge < -0.3 is 15.1 Å². The lowest BCUT2D eigenvalue weighted by Gasteiger charge is -2.38. The molecule has 2 aliphatic rings. The zero-order chi connectivity index (χ0) is 17.2. The van der Waals surface area contributed by atoms with Crippen molar-refractivity contribution in [3.05, 3.63) is 11.6 Å². The molecule has 132 valence electrons. The maximum Gasteiger partial charge on any atom is 0.317 e. The van der Waals surface area contributed by atoms with E-state index in [9.17, 15) is 13.2 Å². The number of carbonyl (C=O) groups is 1. The van der Waals surface area contributed by atoms with E-state index in [1.807, 2.05) is 13.8 Å². The predicted molar refractivity (Wildman–Crippen MR) is 90.8 cm³/mol. The number of carbonyl (C=O) groups excluding carboxylic acids is 1. The third-order valence-corrected chi connectivity index (χ3v) is 6.02. The van der Waals surface area contributed by atoms with Gasteiger partial charge >= 0.3 is 6.03 Å². The zero-order valence-corrected chi connectivity index (χ0v) is 15.3. The molecule has 0 bridgehead atoms. The molecule has 0 aliphatic carbocycles. The van der Waals surface area contributed by atoms with Crippen molar-refractivity contribution in [2.75, 3.05) is 46.0 Å². The van der Waals surface area contributed by atoms with Crippen LogP contribution in [-0.4, -0.2) is 86.7 Å². The second-order valence-electron chi connectivity index (χ2n) is 6.63. The molecule has 0 saturated carbocycles. The predicted octanol–water partition coefficient (Wildman–Crippen LogP) is 0.312. The number of likely N-dealkylation sites (N-methyl/N-ethyl adjacent to an activating group) is 1. The van der Waals surface area contributed by atoms with E-state index in [1.54, 1.807) is 4.90 Å². The lowest BCUT2D eigenvalue weighted by Crippen LogP contribution is -2.57. The van der Waals surface area contributed by atoms with Gasteiger partial charge in [0.25, 0.3) is 0 Å². The van der Waals surface area contributed by atoms with Crippen molar-refractivity contribution in [3.63, 3.8) is 0 Å². The first-order chi connectivity index (χ1) is 10.7. The molecule has 1 N–H and O–H groups in total. The quantitative estimate of drug-likeness (QED) is 0.748. The monoisotopic (exact) mass is 344 g/mol. The molecule has 0 aromatic heterocycles. The number of sulfonamides is 1. The summed E-state index contributed by atoms with van der Waals surface area (Å²) in [6, 6.07) is -0.292. The van der Waals surface area contributed by atoms with Crippen molar-refractivity contribution in [1.29, 1.82) is 0 Å². The second-order valence-corrected chi connectivity index (χ2v) is 8.57. The van der Waals surface area contributed by atoms with E-state index in [-0.39, 0.29) is 18.1 Å². The van der Waals surface area contributed by atoms with Crippen LogP contribution < -0.4 is 5.32 Å². The van der Waals surface area contributed by atoms with Gasteiger partial charge in [0.05, 0.1) is 6.26 Å². The highest BCUT2D eigenvalue weighted by atomic mass is 32.2. The third kappa shape index (κ3) is 4.68. The number of piperazine rings is 1.